The second kappa shape index (κ2) is 6.27. The first kappa shape index (κ1) is 14.2. The molecule has 0 aliphatic heterocycles. The highest BCUT2D eigenvalue weighted by molar-refractivity contribution is 5.88. The molecule has 0 spiro atoms. The van der Waals surface area contributed by atoms with Crippen molar-refractivity contribution in [2.24, 2.45) is 0 Å². The van der Waals surface area contributed by atoms with Crippen LogP contribution < -0.4 is 0 Å². The van der Waals surface area contributed by atoms with Gasteiger partial charge in [0.2, 0.25) is 0 Å². The maximum absolute atomic E-state index is 13.7. The molecular formula is C14H16FN3O2. The van der Waals surface area contributed by atoms with Crippen LogP contribution in [-0.2, 0) is 17.7 Å². The Bertz CT molecular complexity index is 610. The van der Waals surface area contributed by atoms with E-state index in [0.29, 0.717) is 17.7 Å². The van der Waals surface area contributed by atoms with Crippen molar-refractivity contribution in [1.82, 2.24) is 15.0 Å². The highest BCUT2D eigenvalue weighted by atomic mass is 19.1. The lowest BCUT2D eigenvalue weighted by Gasteiger charge is -2.07. The number of carbonyl (C=O) groups is 1. The molecule has 0 saturated heterocycles. The molecule has 0 N–H and O–H groups in total. The summed E-state index contributed by atoms with van der Waals surface area (Å²) in [6, 6.07) is 6.47. The van der Waals surface area contributed by atoms with Crippen LogP contribution in [0.25, 0.3) is 0 Å². The SMILES string of the molecule is CCCc1c(C(=O)OC)nnn1Cc1ccccc1F. The molecule has 1 heterocycles. The zero-order valence-electron chi connectivity index (χ0n) is 11.5. The molecule has 0 aliphatic carbocycles. The summed E-state index contributed by atoms with van der Waals surface area (Å²) < 4.78 is 19.9. The summed E-state index contributed by atoms with van der Waals surface area (Å²) in [6.07, 6.45) is 1.46. The third kappa shape index (κ3) is 2.84. The van der Waals surface area contributed by atoms with Crippen molar-refractivity contribution in [3.63, 3.8) is 0 Å². The number of ether oxygens (including phenoxy) is 1. The number of halogens is 1. The first-order valence-electron chi connectivity index (χ1n) is 6.41. The van der Waals surface area contributed by atoms with Crippen LogP contribution in [0.5, 0.6) is 0 Å². The molecule has 1 aromatic carbocycles. The Morgan fingerprint density at radius 3 is 2.80 bits per heavy atom. The number of rotatable bonds is 5. The molecule has 0 fully saturated rings. The minimum Gasteiger partial charge on any atom is -0.464 e. The molecule has 0 radical (unpaired) electrons. The molecule has 106 valence electrons. The fourth-order valence-electron chi connectivity index (χ4n) is 1.99. The number of methoxy groups -OCH3 is 1. The van der Waals surface area contributed by atoms with Gasteiger partial charge in [0.1, 0.15) is 5.82 Å². The third-order valence-corrected chi connectivity index (χ3v) is 2.98. The van der Waals surface area contributed by atoms with Gasteiger partial charge in [-0.15, -0.1) is 5.10 Å². The van der Waals surface area contributed by atoms with Gasteiger partial charge in [-0.2, -0.15) is 0 Å². The summed E-state index contributed by atoms with van der Waals surface area (Å²) in [4.78, 5) is 11.6. The summed E-state index contributed by atoms with van der Waals surface area (Å²) in [5.41, 5.74) is 1.37. The number of hydrogen-bond donors (Lipinski definition) is 0. The summed E-state index contributed by atoms with van der Waals surface area (Å²) in [7, 11) is 1.30. The Labute approximate surface area is 116 Å². The highest BCUT2D eigenvalue weighted by Gasteiger charge is 2.20. The maximum atomic E-state index is 13.7. The average molecular weight is 277 g/mol. The van der Waals surface area contributed by atoms with Crippen molar-refractivity contribution in [2.75, 3.05) is 7.11 Å². The van der Waals surface area contributed by atoms with Crippen molar-refractivity contribution in [1.29, 1.82) is 0 Å². The lowest BCUT2D eigenvalue weighted by atomic mass is 10.2. The molecule has 5 nitrogen and oxygen atoms in total. The second-order valence-corrected chi connectivity index (χ2v) is 4.38. The van der Waals surface area contributed by atoms with Gasteiger partial charge in [-0.1, -0.05) is 36.8 Å². The third-order valence-electron chi connectivity index (χ3n) is 2.98. The van der Waals surface area contributed by atoms with E-state index in [9.17, 15) is 9.18 Å². The molecule has 20 heavy (non-hydrogen) atoms. The van der Waals surface area contributed by atoms with E-state index >= 15 is 0 Å². The van der Waals surface area contributed by atoms with Crippen molar-refractivity contribution >= 4 is 5.97 Å². The Morgan fingerprint density at radius 1 is 1.40 bits per heavy atom. The fraction of sp³-hybridized carbons (Fsp3) is 0.357. The Balaban J connectivity index is 2.34. The Hall–Kier alpha value is -2.24. The van der Waals surface area contributed by atoms with Gasteiger partial charge < -0.3 is 4.74 Å². The summed E-state index contributed by atoms with van der Waals surface area (Å²) in [5.74, 6) is -0.821. The maximum Gasteiger partial charge on any atom is 0.360 e. The predicted octanol–water partition coefficient (Wildman–Crippen LogP) is 2.20. The highest BCUT2D eigenvalue weighted by Crippen LogP contribution is 2.14. The number of esters is 1. The second-order valence-electron chi connectivity index (χ2n) is 4.38. The molecule has 0 unspecified atom stereocenters. The van der Waals surface area contributed by atoms with Crippen molar-refractivity contribution in [2.45, 2.75) is 26.3 Å². The molecule has 0 aliphatic rings. The lowest BCUT2D eigenvalue weighted by molar-refractivity contribution is 0.0592. The number of aromatic nitrogens is 3. The zero-order valence-corrected chi connectivity index (χ0v) is 11.5. The van der Waals surface area contributed by atoms with Gasteiger partial charge in [0.05, 0.1) is 19.3 Å². The zero-order chi connectivity index (χ0) is 14.5. The topological polar surface area (TPSA) is 57.0 Å². The summed E-state index contributed by atoms with van der Waals surface area (Å²) in [5, 5.41) is 7.79. The summed E-state index contributed by atoms with van der Waals surface area (Å²) in [6.45, 7) is 2.23. The predicted molar refractivity (Wildman–Crippen MR) is 70.9 cm³/mol. The number of nitrogens with zero attached hydrogens (tertiary/aromatic N) is 3. The molecular weight excluding hydrogens is 261 g/mol. The fourth-order valence-corrected chi connectivity index (χ4v) is 1.99. The van der Waals surface area contributed by atoms with Gasteiger partial charge >= 0.3 is 5.97 Å². The first-order valence-corrected chi connectivity index (χ1v) is 6.41. The number of hydrogen-bond acceptors (Lipinski definition) is 4. The van der Waals surface area contributed by atoms with Gasteiger partial charge in [-0.05, 0) is 12.5 Å². The standard InChI is InChI=1S/C14H16FN3O2/c1-3-6-12-13(14(19)20-2)16-17-18(12)9-10-7-4-5-8-11(10)15/h4-5,7-8H,3,6,9H2,1-2H3. The van der Waals surface area contributed by atoms with E-state index in [1.54, 1.807) is 22.9 Å². The molecule has 1 aromatic heterocycles. The van der Waals surface area contributed by atoms with Crippen LogP contribution in [-0.4, -0.2) is 28.1 Å². The van der Waals surface area contributed by atoms with Crippen molar-refractivity contribution in [3.05, 3.63) is 47.0 Å². The lowest BCUT2D eigenvalue weighted by Crippen LogP contribution is -2.11. The summed E-state index contributed by atoms with van der Waals surface area (Å²) >= 11 is 0. The van der Waals surface area contributed by atoms with Crippen molar-refractivity contribution < 1.29 is 13.9 Å². The number of carbonyl (C=O) groups excluding carboxylic acids is 1. The minimum atomic E-state index is -0.520. The van der Waals surface area contributed by atoms with Gasteiger partial charge in [-0.25, -0.2) is 13.9 Å². The normalized spacial score (nSPS) is 10.6. The van der Waals surface area contributed by atoms with E-state index in [1.807, 2.05) is 6.92 Å². The average Bonchev–Trinajstić information content (AvgIpc) is 2.84. The van der Waals surface area contributed by atoms with E-state index in [0.717, 1.165) is 6.42 Å². The van der Waals surface area contributed by atoms with E-state index < -0.39 is 5.97 Å². The molecule has 0 saturated carbocycles. The Morgan fingerprint density at radius 2 is 2.15 bits per heavy atom. The van der Waals surface area contributed by atoms with Crippen molar-refractivity contribution in [3.8, 4) is 0 Å². The van der Waals surface area contributed by atoms with Crippen LogP contribution in [0.3, 0.4) is 0 Å². The van der Waals surface area contributed by atoms with E-state index in [2.05, 4.69) is 15.0 Å². The first-order chi connectivity index (χ1) is 9.67. The number of benzene rings is 1. The smallest absolute Gasteiger partial charge is 0.360 e. The van der Waals surface area contributed by atoms with Crippen LogP contribution in [0.1, 0.15) is 35.1 Å². The molecule has 0 amide bonds. The molecule has 0 bridgehead atoms. The van der Waals surface area contributed by atoms with Crippen LogP contribution in [0.4, 0.5) is 4.39 Å². The largest absolute Gasteiger partial charge is 0.464 e. The van der Waals surface area contributed by atoms with Crippen LogP contribution in [0.15, 0.2) is 24.3 Å². The molecule has 2 aromatic rings. The molecule has 6 heteroatoms. The van der Waals surface area contributed by atoms with E-state index in [-0.39, 0.29) is 18.1 Å². The van der Waals surface area contributed by atoms with Gasteiger partial charge in [0.25, 0.3) is 0 Å². The molecule has 0 atom stereocenters. The molecule has 2 rings (SSSR count). The van der Waals surface area contributed by atoms with E-state index in [4.69, 9.17) is 0 Å². The quantitative estimate of drug-likeness (QED) is 0.786. The van der Waals surface area contributed by atoms with Crippen LogP contribution >= 0.6 is 0 Å². The van der Waals surface area contributed by atoms with Gasteiger partial charge in [0.15, 0.2) is 5.69 Å². The minimum absolute atomic E-state index is 0.200. The van der Waals surface area contributed by atoms with Gasteiger partial charge in [-0.3, -0.25) is 0 Å². The van der Waals surface area contributed by atoms with E-state index in [1.165, 1.54) is 13.2 Å². The van der Waals surface area contributed by atoms with Crippen LogP contribution in [0.2, 0.25) is 0 Å². The monoisotopic (exact) mass is 277 g/mol. The Kier molecular flexibility index (Phi) is 4.45. The van der Waals surface area contributed by atoms with Crippen LogP contribution in [0, 0.1) is 5.82 Å². The van der Waals surface area contributed by atoms with Gasteiger partial charge in [0, 0.05) is 5.56 Å².